The topological polar surface area (TPSA) is 54.4 Å². The molecule has 3 rings (SSSR count). The zero-order valence-electron chi connectivity index (χ0n) is 16.0. The molecule has 0 saturated carbocycles. The highest BCUT2D eigenvalue weighted by Crippen LogP contribution is 2.45. The van der Waals surface area contributed by atoms with E-state index in [0.717, 1.165) is 4.90 Å². The van der Waals surface area contributed by atoms with Crippen molar-refractivity contribution in [1.82, 2.24) is 0 Å². The molecule has 3 aromatic carbocycles. The summed E-state index contributed by atoms with van der Waals surface area (Å²) in [7, 11) is -3.86. The van der Waals surface area contributed by atoms with Crippen molar-refractivity contribution >= 4 is 21.6 Å². The average Bonchev–Trinajstić information content (AvgIpc) is 2.77. The van der Waals surface area contributed by atoms with Gasteiger partial charge in [0.15, 0.2) is 9.84 Å². The molecule has 0 radical (unpaired) electrons. The Bertz CT molecular complexity index is 1020. The molecule has 0 aliphatic heterocycles. The Hall–Kier alpha value is -2.34. The van der Waals surface area contributed by atoms with E-state index >= 15 is 0 Å². The third-order valence-corrected chi connectivity index (χ3v) is 8.81. The Kier molecular flexibility index (Phi) is 6.96. The SMILES string of the molecule is C=CCCC(O)(c1ccccc1)C(Sc1ccccc1)S(=O)(=O)c1ccccc1. The lowest BCUT2D eigenvalue weighted by atomic mass is 9.90. The standard InChI is InChI=1S/C24H24O3S2/c1-2-3-19-24(25,20-13-7-4-8-14-20)23(28-21-15-9-5-10-16-21)29(26,27)22-17-11-6-12-18-22/h2,4-18,23,25H,1,3,19H2. The summed E-state index contributed by atoms with van der Waals surface area (Å²) in [6, 6.07) is 26.7. The lowest BCUT2D eigenvalue weighted by Crippen LogP contribution is -2.42. The zero-order valence-corrected chi connectivity index (χ0v) is 17.6. The van der Waals surface area contributed by atoms with Gasteiger partial charge < -0.3 is 5.11 Å². The van der Waals surface area contributed by atoms with Crippen molar-refractivity contribution in [1.29, 1.82) is 0 Å². The van der Waals surface area contributed by atoms with Crippen molar-refractivity contribution < 1.29 is 13.5 Å². The summed E-state index contributed by atoms with van der Waals surface area (Å²) < 4.78 is 26.3. The van der Waals surface area contributed by atoms with Crippen LogP contribution in [0.25, 0.3) is 0 Å². The summed E-state index contributed by atoms with van der Waals surface area (Å²) >= 11 is 1.17. The molecule has 0 aliphatic carbocycles. The van der Waals surface area contributed by atoms with Gasteiger partial charge in [-0.05, 0) is 42.7 Å². The third kappa shape index (κ3) is 4.81. The first-order valence-corrected chi connectivity index (χ1v) is 11.8. The molecular weight excluding hydrogens is 400 g/mol. The summed E-state index contributed by atoms with van der Waals surface area (Å²) in [4.78, 5) is 0.978. The van der Waals surface area contributed by atoms with Crippen molar-refractivity contribution in [3.8, 4) is 0 Å². The highest BCUT2D eigenvalue weighted by atomic mass is 32.3. The number of allylic oxidation sites excluding steroid dienone is 1. The summed E-state index contributed by atoms with van der Waals surface area (Å²) in [6.07, 6.45) is 2.44. The van der Waals surface area contributed by atoms with E-state index in [-0.39, 0.29) is 11.3 Å². The molecule has 3 nitrogen and oxygen atoms in total. The summed E-state index contributed by atoms with van der Waals surface area (Å²) in [5.74, 6) is 0. The highest BCUT2D eigenvalue weighted by Gasteiger charge is 2.47. The van der Waals surface area contributed by atoms with Crippen LogP contribution in [0.15, 0.2) is 113 Å². The van der Waals surface area contributed by atoms with Crippen LogP contribution in [-0.4, -0.2) is 18.1 Å². The van der Waals surface area contributed by atoms with Gasteiger partial charge in [-0.2, -0.15) is 0 Å². The van der Waals surface area contributed by atoms with Crippen molar-refractivity contribution in [3.05, 3.63) is 109 Å². The molecule has 29 heavy (non-hydrogen) atoms. The second kappa shape index (κ2) is 9.44. The van der Waals surface area contributed by atoms with E-state index in [1.54, 1.807) is 48.5 Å². The zero-order chi connectivity index (χ0) is 20.7. The minimum Gasteiger partial charge on any atom is -0.383 e. The van der Waals surface area contributed by atoms with Crippen LogP contribution in [0.5, 0.6) is 0 Å². The summed E-state index contributed by atoms with van der Waals surface area (Å²) in [5, 5.41) is 11.9. The number of hydrogen-bond acceptors (Lipinski definition) is 4. The molecule has 0 amide bonds. The van der Waals surface area contributed by atoms with Crippen LogP contribution >= 0.6 is 11.8 Å². The summed E-state index contributed by atoms with van der Waals surface area (Å²) in [6.45, 7) is 3.75. The van der Waals surface area contributed by atoms with Crippen LogP contribution in [0.2, 0.25) is 0 Å². The quantitative estimate of drug-likeness (QED) is 0.367. The van der Waals surface area contributed by atoms with Gasteiger partial charge in [0, 0.05) is 4.90 Å². The number of sulfone groups is 1. The fourth-order valence-corrected chi connectivity index (χ4v) is 6.96. The molecule has 150 valence electrons. The van der Waals surface area contributed by atoms with Crippen molar-refractivity contribution in [2.24, 2.45) is 0 Å². The smallest absolute Gasteiger partial charge is 0.194 e. The molecule has 0 saturated heterocycles. The second-order valence-corrected chi connectivity index (χ2v) is 10.2. The largest absolute Gasteiger partial charge is 0.383 e. The molecule has 0 aliphatic rings. The van der Waals surface area contributed by atoms with E-state index < -0.39 is 20.0 Å². The van der Waals surface area contributed by atoms with Gasteiger partial charge in [0.1, 0.15) is 10.2 Å². The Morgan fingerprint density at radius 1 is 0.897 bits per heavy atom. The lowest BCUT2D eigenvalue weighted by Gasteiger charge is -2.36. The predicted molar refractivity (Wildman–Crippen MR) is 119 cm³/mol. The Balaban J connectivity index is 2.17. The van der Waals surface area contributed by atoms with Crippen molar-refractivity contribution in [2.45, 2.75) is 32.8 Å². The van der Waals surface area contributed by atoms with Gasteiger partial charge in [0.25, 0.3) is 0 Å². The van der Waals surface area contributed by atoms with Crippen LogP contribution in [0.1, 0.15) is 18.4 Å². The maximum absolute atomic E-state index is 13.7. The van der Waals surface area contributed by atoms with Crippen LogP contribution in [0.3, 0.4) is 0 Å². The molecule has 1 N–H and O–H groups in total. The molecule has 3 aromatic rings. The molecule has 2 atom stereocenters. The van der Waals surface area contributed by atoms with Crippen LogP contribution in [0.4, 0.5) is 0 Å². The van der Waals surface area contributed by atoms with Gasteiger partial charge >= 0.3 is 0 Å². The first-order chi connectivity index (χ1) is 14.0. The molecule has 0 heterocycles. The van der Waals surface area contributed by atoms with E-state index in [1.807, 2.05) is 48.5 Å². The molecule has 0 aromatic heterocycles. The maximum atomic E-state index is 13.7. The Morgan fingerprint density at radius 2 is 1.41 bits per heavy atom. The van der Waals surface area contributed by atoms with Gasteiger partial charge in [0.05, 0.1) is 4.90 Å². The molecule has 0 bridgehead atoms. The minimum absolute atomic E-state index is 0.196. The Morgan fingerprint density at radius 3 is 1.97 bits per heavy atom. The first kappa shape index (κ1) is 21.4. The van der Waals surface area contributed by atoms with Gasteiger partial charge in [-0.15, -0.1) is 18.3 Å². The fourth-order valence-electron chi connectivity index (χ4n) is 3.22. The molecule has 5 heteroatoms. The number of aliphatic hydroxyl groups is 1. The second-order valence-electron chi connectivity index (χ2n) is 6.74. The third-order valence-electron chi connectivity index (χ3n) is 4.73. The van der Waals surface area contributed by atoms with Gasteiger partial charge in [-0.25, -0.2) is 8.42 Å². The van der Waals surface area contributed by atoms with Crippen LogP contribution in [-0.2, 0) is 15.4 Å². The first-order valence-electron chi connectivity index (χ1n) is 9.38. The number of thioether (sulfide) groups is 1. The van der Waals surface area contributed by atoms with Gasteiger partial charge in [0.2, 0.25) is 0 Å². The van der Waals surface area contributed by atoms with Crippen LogP contribution in [0, 0.1) is 0 Å². The van der Waals surface area contributed by atoms with E-state index in [4.69, 9.17) is 0 Å². The normalized spacial score (nSPS) is 14.7. The fraction of sp³-hybridized carbons (Fsp3) is 0.167. The van der Waals surface area contributed by atoms with Gasteiger partial charge in [-0.3, -0.25) is 0 Å². The van der Waals surface area contributed by atoms with Crippen LogP contribution < -0.4 is 0 Å². The van der Waals surface area contributed by atoms with E-state index in [0.29, 0.717) is 12.0 Å². The number of benzene rings is 3. The Labute approximate surface area is 177 Å². The number of rotatable bonds is 9. The van der Waals surface area contributed by atoms with Crippen molar-refractivity contribution in [3.63, 3.8) is 0 Å². The molecule has 0 fully saturated rings. The lowest BCUT2D eigenvalue weighted by molar-refractivity contribution is 0.0439. The highest BCUT2D eigenvalue weighted by molar-refractivity contribution is 8.13. The van der Waals surface area contributed by atoms with E-state index in [1.165, 1.54) is 11.8 Å². The predicted octanol–water partition coefficient (Wildman–Crippen LogP) is 5.43. The van der Waals surface area contributed by atoms with E-state index in [9.17, 15) is 13.5 Å². The number of hydrogen-bond donors (Lipinski definition) is 1. The molecular formula is C24H24O3S2. The summed E-state index contributed by atoms with van der Waals surface area (Å²) in [5.41, 5.74) is -1.01. The minimum atomic E-state index is -3.86. The maximum Gasteiger partial charge on any atom is 0.194 e. The van der Waals surface area contributed by atoms with Gasteiger partial charge in [-0.1, -0.05) is 72.8 Å². The average molecular weight is 425 g/mol. The van der Waals surface area contributed by atoms with E-state index in [2.05, 4.69) is 6.58 Å². The monoisotopic (exact) mass is 424 g/mol. The van der Waals surface area contributed by atoms with Crippen molar-refractivity contribution in [2.75, 3.05) is 0 Å². The molecule has 0 spiro atoms. The molecule has 2 unspecified atom stereocenters.